The molecule has 0 saturated heterocycles. The average Bonchev–Trinajstić information content (AvgIpc) is 2.61. The third-order valence-electron chi connectivity index (χ3n) is 2.08. The zero-order valence-electron chi connectivity index (χ0n) is 8.49. The summed E-state index contributed by atoms with van der Waals surface area (Å²) in [5.74, 6) is 1.01. The first-order valence-electron chi connectivity index (χ1n) is 4.85. The van der Waals surface area contributed by atoms with Crippen molar-refractivity contribution in [3.63, 3.8) is 0 Å². The van der Waals surface area contributed by atoms with Gasteiger partial charge in [0, 0.05) is 6.54 Å². The Kier molecular flexibility index (Phi) is 2.35. The molecule has 2 aromatic heterocycles. The first-order chi connectivity index (χ1) is 6.81. The van der Waals surface area contributed by atoms with Crippen LogP contribution in [0.5, 0.6) is 0 Å². The zero-order chi connectivity index (χ0) is 9.97. The normalized spacial score (nSPS) is 10.7. The summed E-state index contributed by atoms with van der Waals surface area (Å²) < 4.78 is 1.82. The van der Waals surface area contributed by atoms with E-state index < -0.39 is 0 Å². The van der Waals surface area contributed by atoms with E-state index in [-0.39, 0.29) is 0 Å². The highest BCUT2D eigenvalue weighted by molar-refractivity contribution is 5.51. The number of aryl methyl sites for hydroxylation is 1. The lowest BCUT2D eigenvalue weighted by Crippen LogP contribution is -2.06. The number of aromatic nitrogens is 3. The number of hydrogen-bond donors (Lipinski definition) is 1. The number of nitrogens with zero attached hydrogens (tertiary/aromatic N) is 3. The van der Waals surface area contributed by atoms with Crippen LogP contribution in [0.1, 0.15) is 18.9 Å². The molecule has 2 aromatic rings. The Morgan fingerprint density at radius 3 is 3.07 bits per heavy atom. The summed E-state index contributed by atoms with van der Waals surface area (Å²) >= 11 is 0. The molecule has 14 heavy (non-hydrogen) atoms. The monoisotopic (exact) mass is 190 g/mol. The SMILES string of the molecule is CCCNc1cc(C)cc2ncnn12. The number of nitrogens with one attached hydrogen (secondary N) is 1. The van der Waals surface area contributed by atoms with Gasteiger partial charge in [0.25, 0.3) is 0 Å². The minimum atomic E-state index is 0.892. The van der Waals surface area contributed by atoms with E-state index in [1.807, 2.05) is 10.6 Å². The number of fused-ring (bicyclic) bond motifs is 1. The van der Waals surface area contributed by atoms with E-state index >= 15 is 0 Å². The van der Waals surface area contributed by atoms with Crippen LogP contribution in [0.3, 0.4) is 0 Å². The second kappa shape index (κ2) is 3.65. The van der Waals surface area contributed by atoms with Gasteiger partial charge in [-0.25, -0.2) is 4.98 Å². The van der Waals surface area contributed by atoms with Crippen molar-refractivity contribution < 1.29 is 0 Å². The fourth-order valence-electron chi connectivity index (χ4n) is 1.44. The highest BCUT2D eigenvalue weighted by atomic mass is 15.3. The van der Waals surface area contributed by atoms with Crippen molar-refractivity contribution in [2.75, 3.05) is 11.9 Å². The van der Waals surface area contributed by atoms with Crippen LogP contribution in [-0.4, -0.2) is 21.1 Å². The lowest BCUT2D eigenvalue weighted by Gasteiger charge is -2.07. The maximum absolute atomic E-state index is 4.16. The van der Waals surface area contributed by atoms with Crippen LogP contribution in [0.2, 0.25) is 0 Å². The molecule has 4 nitrogen and oxygen atoms in total. The van der Waals surface area contributed by atoms with Crippen LogP contribution >= 0.6 is 0 Å². The molecule has 2 heterocycles. The van der Waals surface area contributed by atoms with E-state index in [4.69, 9.17) is 0 Å². The van der Waals surface area contributed by atoms with Crippen molar-refractivity contribution in [2.24, 2.45) is 0 Å². The molecule has 74 valence electrons. The third-order valence-corrected chi connectivity index (χ3v) is 2.08. The summed E-state index contributed by atoms with van der Waals surface area (Å²) in [6, 6.07) is 4.10. The predicted octanol–water partition coefficient (Wildman–Crippen LogP) is 1.86. The number of hydrogen-bond acceptors (Lipinski definition) is 3. The fourth-order valence-corrected chi connectivity index (χ4v) is 1.44. The standard InChI is InChI=1S/C10H14N4/c1-3-4-11-9-5-8(2)6-10-12-7-13-14(9)10/h5-7,11H,3-4H2,1-2H3. The molecule has 0 bridgehead atoms. The van der Waals surface area contributed by atoms with Crippen LogP contribution in [0.25, 0.3) is 5.65 Å². The molecule has 0 radical (unpaired) electrons. The largest absolute Gasteiger partial charge is 0.370 e. The van der Waals surface area contributed by atoms with E-state index in [2.05, 4.69) is 35.3 Å². The van der Waals surface area contributed by atoms with E-state index in [9.17, 15) is 0 Å². The van der Waals surface area contributed by atoms with Crippen molar-refractivity contribution in [1.82, 2.24) is 14.6 Å². The summed E-state index contributed by atoms with van der Waals surface area (Å²) in [5.41, 5.74) is 2.09. The van der Waals surface area contributed by atoms with Gasteiger partial charge in [0.15, 0.2) is 5.65 Å². The van der Waals surface area contributed by atoms with Crippen molar-refractivity contribution in [1.29, 1.82) is 0 Å². The van der Waals surface area contributed by atoms with E-state index in [1.165, 1.54) is 5.56 Å². The van der Waals surface area contributed by atoms with E-state index in [0.29, 0.717) is 0 Å². The molecule has 4 heteroatoms. The number of rotatable bonds is 3. The van der Waals surface area contributed by atoms with Crippen LogP contribution in [0.15, 0.2) is 18.5 Å². The lowest BCUT2D eigenvalue weighted by molar-refractivity contribution is 0.913. The van der Waals surface area contributed by atoms with Crippen molar-refractivity contribution >= 4 is 11.5 Å². The van der Waals surface area contributed by atoms with Crippen molar-refractivity contribution in [3.05, 3.63) is 24.0 Å². The Hall–Kier alpha value is -1.58. The maximum Gasteiger partial charge on any atom is 0.157 e. The summed E-state index contributed by atoms with van der Waals surface area (Å²) in [7, 11) is 0. The Labute approximate surface area is 83.0 Å². The topological polar surface area (TPSA) is 42.2 Å². The maximum atomic E-state index is 4.16. The summed E-state index contributed by atoms with van der Waals surface area (Å²) in [4.78, 5) is 4.16. The quantitative estimate of drug-likeness (QED) is 0.803. The Balaban J connectivity index is 2.44. The van der Waals surface area contributed by atoms with Gasteiger partial charge in [-0.05, 0) is 31.0 Å². The average molecular weight is 190 g/mol. The fraction of sp³-hybridized carbons (Fsp3) is 0.400. The van der Waals surface area contributed by atoms with Crippen LogP contribution in [0.4, 0.5) is 5.82 Å². The molecule has 0 amide bonds. The Bertz CT molecular complexity index is 433. The molecule has 0 atom stereocenters. The smallest absolute Gasteiger partial charge is 0.157 e. The van der Waals surface area contributed by atoms with Gasteiger partial charge < -0.3 is 5.32 Å². The molecule has 0 aliphatic carbocycles. The molecule has 0 aliphatic rings. The van der Waals surface area contributed by atoms with Gasteiger partial charge in [0.05, 0.1) is 0 Å². The third kappa shape index (κ3) is 1.55. The Morgan fingerprint density at radius 1 is 1.43 bits per heavy atom. The van der Waals surface area contributed by atoms with Gasteiger partial charge in [-0.15, -0.1) is 0 Å². The van der Waals surface area contributed by atoms with Crippen molar-refractivity contribution in [3.8, 4) is 0 Å². The highest BCUT2D eigenvalue weighted by Crippen LogP contribution is 2.12. The molecule has 1 N–H and O–H groups in total. The molecule has 0 aromatic carbocycles. The van der Waals surface area contributed by atoms with Gasteiger partial charge in [-0.1, -0.05) is 6.92 Å². The lowest BCUT2D eigenvalue weighted by atomic mass is 10.3. The predicted molar refractivity (Wildman–Crippen MR) is 56.5 cm³/mol. The van der Waals surface area contributed by atoms with E-state index in [0.717, 1.165) is 24.4 Å². The van der Waals surface area contributed by atoms with Gasteiger partial charge in [-0.2, -0.15) is 9.61 Å². The minimum Gasteiger partial charge on any atom is -0.370 e. The van der Waals surface area contributed by atoms with Gasteiger partial charge in [-0.3, -0.25) is 0 Å². The molecule has 0 aliphatic heterocycles. The minimum absolute atomic E-state index is 0.892. The Morgan fingerprint density at radius 2 is 2.29 bits per heavy atom. The summed E-state index contributed by atoms with van der Waals surface area (Å²) in [5, 5.41) is 7.48. The zero-order valence-corrected chi connectivity index (χ0v) is 8.49. The number of anilines is 1. The van der Waals surface area contributed by atoms with Crippen molar-refractivity contribution in [2.45, 2.75) is 20.3 Å². The van der Waals surface area contributed by atoms with E-state index in [1.54, 1.807) is 6.33 Å². The molecule has 2 rings (SSSR count). The first-order valence-corrected chi connectivity index (χ1v) is 4.85. The van der Waals surface area contributed by atoms with Crippen LogP contribution in [-0.2, 0) is 0 Å². The molecule has 0 fully saturated rings. The molecule has 0 saturated carbocycles. The van der Waals surface area contributed by atoms with Gasteiger partial charge >= 0.3 is 0 Å². The second-order valence-corrected chi connectivity index (χ2v) is 3.37. The summed E-state index contributed by atoms with van der Waals surface area (Å²) in [6.45, 7) is 5.16. The number of pyridine rings is 1. The molecule has 0 spiro atoms. The van der Waals surface area contributed by atoms with Crippen LogP contribution in [0, 0.1) is 6.92 Å². The summed E-state index contributed by atoms with van der Waals surface area (Å²) in [6.07, 6.45) is 2.68. The van der Waals surface area contributed by atoms with Crippen LogP contribution < -0.4 is 5.32 Å². The molecular formula is C10H14N4. The molecular weight excluding hydrogens is 176 g/mol. The second-order valence-electron chi connectivity index (χ2n) is 3.37. The first kappa shape index (κ1) is 8.99. The molecule has 0 unspecified atom stereocenters. The van der Waals surface area contributed by atoms with Gasteiger partial charge in [0.2, 0.25) is 0 Å². The highest BCUT2D eigenvalue weighted by Gasteiger charge is 2.02. The van der Waals surface area contributed by atoms with Gasteiger partial charge in [0.1, 0.15) is 12.1 Å².